The summed E-state index contributed by atoms with van der Waals surface area (Å²) in [5.74, 6) is -2.86. The number of benzene rings is 1. The second-order valence-electron chi connectivity index (χ2n) is 7.80. The maximum atomic E-state index is 13.4. The van der Waals surface area contributed by atoms with E-state index in [1.165, 1.54) is 6.92 Å². The van der Waals surface area contributed by atoms with Gasteiger partial charge in [-0.05, 0) is 18.1 Å². The molecule has 4 aliphatic heterocycles. The third-order valence-corrected chi connectivity index (χ3v) is 6.67. The number of carbonyl (C=O) groups is 3. The first-order valence-electron chi connectivity index (χ1n) is 9.12. The Hall–Kier alpha value is -2.67. The lowest BCUT2D eigenvalue weighted by atomic mass is 9.73. The third-order valence-electron chi connectivity index (χ3n) is 6.67. The van der Waals surface area contributed by atoms with Crippen molar-refractivity contribution in [2.24, 2.45) is 11.8 Å². The van der Waals surface area contributed by atoms with Crippen LogP contribution in [0.1, 0.15) is 24.9 Å². The van der Waals surface area contributed by atoms with Crippen LogP contribution in [-0.2, 0) is 19.1 Å². The van der Waals surface area contributed by atoms with Crippen molar-refractivity contribution in [1.82, 2.24) is 4.90 Å². The Bertz CT molecular complexity index is 911. The molecule has 7 nitrogen and oxygen atoms in total. The standard InChI is InChI=1S/C20H20N2O5/c1-10(23)21(2)13-9-15-20-8-7-14(27-20)16(19(25)26)17(20)18(24)22(15)12-6-4-3-5-11(12)13/h3-8,13-17H,9H2,1-2H3,(H,25,26)/t13-,14+,15-,16+,17-,20+/m0/s1. The molecule has 1 aromatic carbocycles. The molecule has 7 heteroatoms. The number of para-hydroxylation sites is 1. The van der Waals surface area contributed by atoms with Crippen molar-refractivity contribution in [1.29, 1.82) is 0 Å². The molecule has 4 aliphatic rings. The van der Waals surface area contributed by atoms with Gasteiger partial charge in [-0.25, -0.2) is 0 Å². The molecule has 2 fully saturated rings. The topological polar surface area (TPSA) is 87.2 Å². The van der Waals surface area contributed by atoms with Crippen LogP contribution in [0.3, 0.4) is 0 Å². The number of anilines is 1. The van der Waals surface area contributed by atoms with Gasteiger partial charge in [0, 0.05) is 19.7 Å². The first-order valence-corrected chi connectivity index (χ1v) is 9.12. The summed E-state index contributed by atoms with van der Waals surface area (Å²) in [5.41, 5.74) is 0.709. The predicted molar refractivity (Wildman–Crippen MR) is 94.9 cm³/mol. The highest BCUT2D eigenvalue weighted by Crippen LogP contribution is 2.59. The summed E-state index contributed by atoms with van der Waals surface area (Å²) < 4.78 is 6.14. The van der Waals surface area contributed by atoms with E-state index in [-0.39, 0.29) is 23.9 Å². The quantitative estimate of drug-likeness (QED) is 0.797. The summed E-state index contributed by atoms with van der Waals surface area (Å²) in [6.07, 6.45) is 3.60. The zero-order valence-corrected chi connectivity index (χ0v) is 15.0. The number of carboxylic acids is 1. The number of carbonyl (C=O) groups excluding carboxylic acids is 2. The minimum absolute atomic E-state index is 0.0581. The van der Waals surface area contributed by atoms with Crippen molar-refractivity contribution in [3.05, 3.63) is 42.0 Å². The van der Waals surface area contributed by atoms with Crippen LogP contribution in [0.15, 0.2) is 36.4 Å². The average molecular weight is 368 g/mol. The van der Waals surface area contributed by atoms with Crippen molar-refractivity contribution < 1.29 is 24.2 Å². The summed E-state index contributed by atoms with van der Waals surface area (Å²) in [5, 5.41) is 9.70. The molecular weight excluding hydrogens is 348 g/mol. The Morgan fingerprint density at radius 2 is 2.07 bits per heavy atom. The molecular formula is C20H20N2O5. The van der Waals surface area contributed by atoms with Gasteiger partial charge < -0.3 is 19.6 Å². The highest BCUT2D eigenvalue weighted by atomic mass is 16.5. The van der Waals surface area contributed by atoms with E-state index in [0.29, 0.717) is 6.42 Å². The van der Waals surface area contributed by atoms with E-state index in [1.807, 2.05) is 30.3 Å². The van der Waals surface area contributed by atoms with Gasteiger partial charge in [0.15, 0.2) is 0 Å². The van der Waals surface area contributed by atoms with Gasteiger partial charge in [-0.3, -0.25) is 14.4 Å². The van der Waals surface area contributed by atoms with Crippen LogP contribution in [0, 0.1) is 11.8 Å². The summed E-state index contributed by atoms with van der Waals surface area (Å²) in [7, 11) is 1.76. The average Bonchev–Trinajstić information content (AvgIpc) is 3.29. The minimum atomic E-state index is -1.00. The van der Waals surface area contributed by atoms with E-state index >= 15 is 0 Å². The fourth-order valence-electron chi connectivity index (χ4n) is 5.42. The van der Waals surface area contributed by atoms with Crippen LogP contribution in [-0.4, -0.2) is 52.6 Å². The monoisotopic (exact) mass is 368 g/mol. The van der Waals surface area contributed by atoms with Gasteiger partial charge in [0.25, 0.3) is 0 Å². The number of carboxylic acid groups (broad SMARTS) is 1. The second kappa shape index (κ2) is 5.19. The van der Waals surface area contributed by atoms with E-state index in [9.17, 15) is 19.5 Å². The first-order chi connectivity index (χ1) is 12.9. The molecule has 5 rings (SSSR count). The smallest absolute Gasteiger partial charge is 0.310 e. The molecule has 140 valence electrons. The summed E-state index contributed by atoms with van der Waals surface area (Å²) in [4.78, 5) is 40.7. The van der Waals surface area contributed by atoms with Crippen molar-refractivity contribution in [3.63, 3.8) is 0 Å². The summed E-state index contributed by atoms with van der Waals surface area (Å²) in [6.45, 7) is 1.52. The van der Waals surface area contributed by atoms with Crippen LogP contribution < -0.4 is 4.90 Å². The van der Waals surface area contributed by atoms with Gasteiger partial charge in [0.2, 0.25) is 11.8 Å². The van der Waals surface area contributed by atoms with Crippen molar-refractivity contribution in [2.45, 2.75) is 37.1 Å². The lowest BCUT2D eigenvalue weighted by Gasteiger charge is -2.43. The van der Waals surface area contributed by atoms with Gasteiger partial charge in [-0.2, -0.15) is 0 Å². The van der Waals surface area contributed by atoms with Gasteiger partial charge in [0.05, 0.1) is 24.1 Å². The Balaban J connectivity index is 1.67. The van der Waals surface area contributed by atoms with Crippen LogP contribution in [0.5, 0.6) is 0 Å². The number of amides is 2. The van der Waals surface area contributed by atoms with E-state index in [0.717, 1.165) is 11.3 Å². The molecule has 0 unspecified atom stereocenters. The Kier molecular flexibility index (Phi) is 3.17. The molecule has 1 spiro atoms. The number of hydrogen-bond donors (Lipinski definition) is 1. The van der Waals surface area contributed by atoms with E-state index in [1.54, 1.807) is 22.9 Å². The number of nitrogens with zero attached hydrogens (tertiary/aromatic N) is 2. The van der Waals surface area contributed by atoms with E-state index < -0.39 is 29.5 Å². The number of rotatable bonds is 2. The van der Waals surface area contributed by atoms with Crippen LogP contribution in [0.25, 0.3) is 0 Å². The van der Waals surface area contributed by atoms with Gasteiger partial charge >= 0.3 is 5.97 Å². The highest BCUT2D eigenvalue weighted by molar-refractivity contribution is 6.04. The normalized spacial score (nSPS) is 37.8. The van der Waals surface area contributed by atoms with Crippen molar-refractivity contribution >= 4 is 23.5 Å². The number of hydrogen-bond acceptors (Lipinski definition) is 4. The molecule has 2 bridgehead atoms. The lowest BCUT2D eigenvalue weighted by Crippen LogP contribution is -2.50. The van der Waals surface area contributed by atoms with Gasteiger partial charge in [0.1, 0.15) is 11.5 Å². The lowest BCUT2D eigenvalue weighted by molar-refractivity contribution is -0.146. The number of fused-ring (bicyclic) bond motifs is 4. The summed E-state index contributed by atoms with van der Waals surface area (Å²) in [6, 6.07) is 7.01. The van der Waals surface area contributed by atoms with Crippen LogP contribution in [0.4, 0.5) is 5.69 Å². The fourth-order valence-corrected chi connectivity index (χ4v) is 5.42. The molecule has 2 amide bonds. The van der Waals surface area contributed by atoms with Crippen molar-refractivity contribution in [2.75, 3.05) is 11.9 Å². The minimum Gasteiger partial charge on any atom is -0.481 e. The zero-order valence-electron chi connectivity index (χ0n) is 15.0. The Labute approximate surface area is 156 Å². The third kappa shape index (κ3) is 1.87. The molecule has 1 N–H and O–H groups in total. The van der Waals surface area contributed by atoms with Crippen LogP contribution in [0.2, 0.25) is 0 Å². The predicted octanol–water partition coefficient (Wildman–Crippen LogP) is 1.35. The molecule has 0 radical (unpaired) electrons. The van der Waals surface area contributed by atoms with E-state index in [4.69, 9.17) is 4.74 Å². The largest absolute Gasteiger partial charge is 0.481 e. The Morgan fingerprint density at radius 1 is 1.33 bits per heavy atom. The van der Waals surface area contributed by atoms with Gasteiger partial charge in [-0.1, -0.05) is 30.4 Å². The molecule has 0 aromatic heterocycles. The fraction of sp³-hybridized carbons (Fsp3) is 0.450. The summed E-state index contributed by atoms with van der Waals surface area (Å²) >= 11 is 0. The zero-order chi connectivity index (χ0) is 19.1. The molecule has 0 aliphatic carbocycles. The van der Waals surface area contributed by atoms with Gasteiger partial charge in [-0.15, -0.1) is 0 Å². The molecule has 2 saturated heterocycles. The van der Waals surface area contributed by atoms with Crippen LogP contribution >= 0.6 is 0 Å². The molecule has 4 heterocycles. The highest BCUT2D eigenvalue weighted by Gasteiger charge is 2.72. The second-order valence-corrected chi connectivity index (χ2v) is 7.80. The van der Waals surface area contributed by atoms with Crippen molar-refractivity contribution in [3.8, 4) is 0 Å². The SMILES string of the molecule is CC(=O)N(C)[C@H]1C[C@@H]2N(C(=O)[C@@H]3[C@H](C(=O)O)[C@H]4C=C[C@]32O4)c2ccccc21. The molecule has 6 atom stereocenters. The first kappa shape index (κ1) is 16.5. The maximum Gasteiger partial charge on any atom is 0.310 e. The number of aliphatic carboxylic acids is 1. The van der Waals surface area contributed by atoms with E-state index in [2.05, 4.69) is 0 Å². The molecule has 27 heavy (non-hydrogen) atoms. The maximum absolute atomic E-state index is 13.4. The molecule has 1 aromatic rings. The molecule has 0 saturated carbocycles. The number of ether oxygens (including phenoxy) is 1. The Morgan fingerprint density at radius 3 is 2.78 bits per heavy atom.